The molecule has 2 heterocycles. The molecule has 2 aromatic rings. The smallest absolute Gasteiger partial charge is 0.231 e. The van der Waals surface area contributed by atoms with Gasteiger partial charge in [0, 0.05) is 45.7 Å². The molecule has 0 unspecified atom stereocenters. The summed E-state index contributed by atoms with van der Waals surface area (Å²) in [4.78, 5) is 29.5. The van der Waals surface area contributed by atoms with Gasteiger partial charge in [0.15, 0.2) is 0 Å². The standard InChI is InChI=1S/C21H31N7O/c1-3-27(4-2)21-25-19(22-13-9-15-28-14-8-12-18(28)29)24-20(26-21)23-16-17-10-6-5-7-11-17/h5-7,10-11H,3-4,8-9,12-16H2,1-2H3,(H2,22,23,24,25,26). The summed E-state index contributed by atoms with van der Waals surface area (Å²) >= 11 is 0. The summed E-state index contributed by atoms with van der Waals surface area (Å²) in [5.41, 5.74) is 1.17. The van der Waals surface area contributed by atoms with Crippen molar-refractivity contribution in [2.75, 3.05) is 48.3 Å². The second kappa shape index (κ2) is 10.6. The Bertz CT molecular complexity index is 780. The van der Waals surface area contributed by atoms with E-state index in [0.29, 0.717) is 37.4 Å². The number of likely N-dealkylation sites (tertiary alicyclic amines) is 1. The number of carbonyl (C=O) groups is 1. The predicted molar refractivity (Wildman–Crippen MR) is 116 cm³/mol. The molecule has 2 N–H and O–H groups in total. The van der Waals surface area contributed by atoms with Gasteiger partial charge in [0.1, 0.15) is 0 Å². The maximum atomic E-state index is 11.7. The SMILES string of the molecule is CCN(CC)c1nc(NCCCN2CCCC2=O)nc(NCc2ccccc2)n1. The molecule has 0 saturated carbocycles. The minimum Gasteiger partial charge on any atom is -0.354 e. The Labute approximate surface area is 172 Å². The molecular weight excluding hydrogens is 366 g/mol. The number of nitrogens with zero attached hydrogens (tertiary/aromatic N) is 5. The second-order valence-electron chi connectivity index (χ2n) is 7.06. The molecule has 29 heavy (non-hydrogen) atoms. The van der Waals surface area contributed by atoms with E-state index in [1.165, 1.54) is 5.56 Å². The molecule has 0 atom stereocenters. The van der Waals surface area contributed by atoms with Crippen LogP contribution < -0.4 is 15.5 Å². The first kappa shape index (κ1) is 20.8. The molecule has 1 saturated heterocycles. The van der Waals surface area contributed by atoms with Crippen molar-refractivity contribution >= 4 is 23.8 Å². The van der Waals surface area contributed by atoms with E-state index in [-0.39, 0.29) is 5.91 Å². The van der Waals surface area contributed by atoms with Gasteiger partial charge in [0.05, 0.1) is 0 Å². The molecule has 1 aromatic heterocycles. The third-order valence-corrected chi connectivity index (χ3v) is 5.02. The lowest BCUT2D eigenvalue weighted by atomic mass is 10.2. The Hall–Kier alpha value is -2.90. The lowest BCUT2D eigenvalue weighted by molar-refractivity contribution is -0.127. The van der Waals surface area contributed by atoms with Gasteiger partial charge >= 0.3 is 0 Å². The average molecular weight is 398 g/mol. The van der Waals surface area contributed by atoms with Gasteiger partial charge in [0.25, 0.3) is 0 Å². The zero-order valence-electron chi connectivity index (χ0n) is 17.4. The van der Waals surface area contributed by atoms with E-state index in [4.69, 9.17) is 0 Å². The summed E-state index contributed by atoms with van der Waals surface area (Å²) < 4.78 is 0. The molecule has 8 nitrogen and oxygen atoms in total. The van der Waals surface area contributed by atoms with Gasteiger partial charge in [-0.3, -0.25) is 4.79 Å². The predicted octanol–water partition coefficient (Wildman–Crippen LogP) is 2.75. The molecule has 156 valence electrons. The van der Waals surface area contributed by atoms with Crippen LogP contribution in [0.4, 0.5) is 17.8 Å². The summed E-state index contributed by atoms with van der Waals surface area (Å²) in [6.45, 7) is 8.85. The van der Waals surface area contributed by atoms with Gasteiger partial charge in [-0.1, -0.05) is 30.3 Å². The second-order valence-corrected chi connectivity index (χ2v) is 7.06. The topological polar surface area (TPSA) is 86.3 Å². The van der Waals surface area contributed by atoms with Gasteiger partial charge in [-0.15, -0.1) is 0 Å². The number of hydrogen-bond donors (Lipinski definition) is 2. The van der Waals surface area contributed by atoms with Crippen LogP contribution in [0.2, 0.25) is 0 Å². The van der Waals surface area contributed by atoms with E-state index < -0.39 is 0 Å². The van der Waals surface area contributed by atoms with Crippen molar-refractivity contribution in [2.24, 2.45) is 0 Å². The Morgan fingerprint density at radius 1 is 1.03 bits per heavy atom. The highest BCUT2D eigenvalue weighted by Crippen LogP contribution is 2.15. The Balaban J connectivity index is 1.62. The fourth-order valence-corrected chi connectivity index (χ4v) is 3.36. The van der Waals surface area contributed by atoms with Crippen molar-refractivity contribution in [3.05, 3.63) is 35.9 Å². The zero-order valence-corrected chi connectivity index (χ0v) is 17.4. The Morgan fingerprint density at radius 2 is 1.76 bits per heavy atom. The molecule has 1 fully saturated rings. The number of hydrogen-bond acceptors (Lipinski definition) is 7. The summed E-state index contributed by atoms with van der Waals surface area (Å²) in [6, 6.07) is 10.2. The number of nitrogens with one attached hydrogen (secondary N) is 2. The van der Waals surface area contributed by atoms with Crippen LogP contribution >= 0.6 is 0 Å². The third-order valence-electron chi connectivity index (χ3n) is 5.02. The maximum absolute atomic E-state index is 11.7. The summed E-state index contributed by atoms with van der Waals surface area (Å²) in [6.07, 6.45) is 2.53. The van der Waals surface area contributed by atoms with Crippen LogP contribution in [0.25, 0.3) is 0 Å². The van der Waals surface area contributed by atoms with E-state index in [1.54, 1.807) is 0 Å². The van der Waals surface area contributed by atoms with Gasteiger partial charge in [-0.2, -0.15) is 15.0 Å². The monoisotopic (exact) mass is 397 g/mol. The minimum absolute atomic E-state index is 0.265. The van der Waals surface area contributed by atoms with Crippen molar-refractivity contribution in [1.82, 2.24) is 19.9 Å². The number of anilines is 3. The van der Waals surface area contributed by atoms with Gasteiger partial charge in [0.2, 0.25) is 23.8 Å². The van der Waals surface area contributed by atoms with E-state index in [2.05, 4.69) is 56.5 Å². The molecule has 0 spiro atoms. The molecular formula is C21H31N7O. The van der Waals surface area contributed by atoms with Crippen molar-refractivity contribution < 1.29 is 4.79 Å². The highest BCUT2D eigenvalue weighted by molar-refractivity contribution is 5.78. The molecule has 1 aliphatic rings. The number of carbonyl (C=O) groups excluding carboxylic acids is 1. The van der Waals surface area contributed by atoms with Gasteiger partial charge in [-0.05, 0) is 32.3 Å². The van der Waals surface area contributed by atoms with Crippen molar-refractivity contribution in [2.45, 2.75) is 39.7 Å². The van der Waals surface area contributed by atoms with Crippen LogP contribution in [-0.2, 0) is 11.3 Å². The van der Waals surface area contributed by atoms with E-state index in [0.717, 1.165) is 39.0 Å². The fraction of sp³-hybridized carbons (Fsp3) is 0.524. The summed E-state index contributed by atoms with van der Waals surface area (Å²) in [7, 11) is 0. The summed E-state index contributed by atoms with van der Waals surface area (Å²) in [5, 5.41) is 6.60. The lowest BCUT2D eigenvalue weighted by Gasteiger charge is -2.20. The number of benzene rings is 1. The molecule has 3 rings (SSSR count). The first-order chi connectivity index (χ1) is 14.2. The van der Waals surface area contributed by atoms with Crippen LogP contribution in [0, 0.1) is 0 Å². The lowest BCUT2D eigenvalue weighted by Crippen LogP contribution is -2.27. The third kappa shape index (κ3) is 6.04. The molecule has 1 amide bonds. The minimum atomic E-state index is 0.265. The zero-order chi connectivity index (χ0) is 20.5. The number of amides is 1. The number of rotatable bonds is 11. The van der Waals surface area contributed by atoms with Crippen LogP contribution in [0.5, 0.6) is 0 Å². The highest BCUT2D eigenvalue weighted by Gasteiger charge is 2.19. The average Bonchev–Trinajstić information content (AvgIpc) is 3.16. The van der Waals surface area contributed by atoms with E-state index in [1.807, 2.05) is 23.1 Å². The van der Waals surface area contributed by atoms with Crippen molar-refractivity contribution in [1.29, 1.82) is 0 Å². The Morgan fingerprint density at radius 3 is 2.41 bits per heavy atom. The van der Waals surface area contributed by atoms with E-state index >= 15 is 0 Å². The fourth-order valence-electron chi connectivity index (χ4n) is 3.36. The Kier molecular flexibility index (Phi) is 7.61. The maximum Gasteiger partial charge on any atom is 0.231 e. The van der Waals surface area contributed by atoms with Gasteiger partial charge in [-0.25, -0.2) is 0 Å². The molecule has 0 aliphatic carbocycles. The van der Waals surface area contributed by atoms with Gasteiger partial charge < -0.3 is 20.4 Å². The highest BCUT2D eigenvalue weighted by atomic mass is 16.2. The quantitative estimate of drug-likeness (QED) is 0.564. The molecule has 8 heteroatoms. The van der Waals surface area contributed by atoms with Crippen LogP contribution in [-0.4, -0.2) is 58.5 Å². The van der Waals surface area contributed by atoms with Crippen LogP contribution in [0.1, 0.15) is 38.7 Å². The number of aromatic nitrogens is 3. The van der Waals surface area contributed by atoms with Crippen LogP contribution in [0.15, 0.2) is 30.3 Å². The first-order valence-corrected chi connectivity index (χ1v) is 10.5. The molecule has 0 radical (unpaired) electrons. The normalized spacial score (nSPS) is 13.6. The largest absolute Gasteiger partial charge is 0.354 e. The van der Waals surface area contributed by atoms with Crippen LogP contribution in [0.3, 0.4) is 0 Å². The van der Waals surface area contributed by atoms with Crippen molar-refractivity contribution in [3.8, 4) is 0 Å². The van der Waals surface area contributed by atoms with Crippen molar-refractivity contribution in [3.63, 3.8) is 0 Å². The molecule has 1 aliphatic heterocycles. The first-order valence-electron chi connectivity index (χ1n) is 10.5. The summed E-state index contributed by atoms with van der Waals surface area (Å²) in [5.74, 6) is 2.05. The molecule has 0 bridgehead atoms. The molecule has 1 aromatic carbocycles. The van der Waals surface area contributed by atoms with E-state index in [9.17, 15) is 4.79 Å².